The molecule has 0 amide bonds. The van der Waals surface area contributed by atoms with Crippen molar-refractivity contribution in [3.63, 3.8) is 0 Å². The van der Waals surface area contributed by atoms with E-state index in [1.54, 1.807) is 12.1 Å². The first-order chi connectivity index (χ1) is 21.8. The van der Waals surface area contributed by atoms with Crippen LogP contribution in [0.25, 0.3) is 0 Å². The Labute approximate surface area is 266 Å². The normalized spacial score (nSPS) is 26.1. The third-order valence-corrected chi connectivity index (χ3v) is 10.7. The van der Waals surface area contributed by atoms with Crippen LogP contribution in [0.4, 0.5) is 0 Å². The number of fused-ring (bicyclic) bond motifs is 2. The van der Waals surface area contributed by atoms with Gasteiger partial charge in [0, 0.05) is 36.9 Å². The highest BCUT2D eigenvalue weighted by molar-refractivity contribution is 7.89. The van der Waals surface area contributed by atoms with Gasteiger partial charge in [0.05, 0.1) is 51.0 Å². The van der Waals surface area contributed by atoms with Crippen LogP contribution in [0.2, 0.25) is 0 Å². The lowest BCUT2D eigenvalue weighted by atomic mass is 9.90. The van der Waals surface area contributed by atoms with E-state index in [-0.39, 0.29) is 49.3 Å². The molecule has 0 saturated carbocycles. The van der Waals surface area contributed by atoms with Crippen LogP contribution in [-0.4, -0.2) is 82.3 Å². The number of hydrogen-bond acceptors (Lipinski definition) is 9. The van der Waals surface area contributed by atoms with E-state index in [1.807, 2.05) is 42.5 Å². The number of β-amino-alcohol motifs (C(OH)–C–C–N with tert-alkyl or cyclic N) is 1. The molecule has 45 heavy (non-hydrogen) atoms. The molecular formula is C34H45NO9S. The molecule has 2 saturated heterocycles. The molecule has 246 valence electrons. The first kappa shape index (κ1) is 33.6. The number of ether oxygens (including phenoxy) is 5. The first-order valence-corrected chi connectivity index (χ1v) is 17.3. The molecule has 3 aliphatic rings. The Kier molecular flexibility index (Phi) is 12.0. The lowest BCUT2D eigenvalue weighted by Gasteiger charge is -2.33. The quantitative estimate of drug-likeness (QED) is 0.316. The second-order valence-electron chi connectivity index (χ2n) is 11.9. The first-order valence-electron chi connectivity index (χ1n) is 15.9. The standard InChI is InChI=1S/C34H45NO9S/c1-40-28-12-13-32-27(21-28)24-41-17-9-4-2-3-8-16-35(45(32,38)39)23-30(36)26(20-25-10-6-5-7-11-25)22-33(37)44-31-15-19-43-34-29(31)14-18-42-34/h4-7,9-13,21,26,29-31,34,36H,2-3,8,14-20,22-24H2,1H3/b9-4-/t26-,29+,30-,31+,34-/m1/s1. The maximum absolute atomic E-state index is 14.2. The SMILES string of the molecule is COc1ccc2c(c1)COC/C=C\CCCCN(C[C@@H](O)[C@@H](CC(=O)O[C@H]1CCO[C@H]3OCC[C@H]31)Cc1ccccc1)S2(=O)=O. The van der Waals surface area contributed by atoms with Gasteiger partial charge in [0.1, 0.15) is 11.9 Å². The van der Waals surface area contributed by atoms with Gasteiger partial charge >= 0.3 is 5.97 Å². The van der Waals surface area contributed by atoms with Gasteiger partial charge in [-0.1, -0.05) is 42.5 Å². The van der Waals surface area contributed by atoms with Crippen molar-refractivity contribution in [2.45, 2.75) is 74.9 Å². The number of hydrogen-bond donors (Lipinski definition) is 1. The molecule has 2 fully saturated rings. The summed E-state index contributed by atoms with van der Waals surface area (Å²) in [5.41, 5.74) is 1.43. The average molecular weight is 644 g/mol. The minimum atomic E-state index is -4.04. The molecule has 1 N–H and O–H groups in total. The Balaban J connectivity index is 1.37. The molecule has 0 radical (unpaired) electrons. The molecule has 2 aromatic carbocycles. The number of carbonyl (C=O) groups is 1. The van der Waals surface area contributed by atoms with Gasteiger partial charge in [-0.2, -0.15) is 4.31 Å². The number of methoxy groups -OCH3 is 1. The summed E-state index contributed by atoms with van der Waals surface area (Å²) in [5, 5.41) is 11.7. The number of benzene rings is 2. The lowest BCUT2D eigenvalue weighted by Crippen LogP contribution is -2.43. The van der Waals surface area contributed by atoms with Gasteiger partial charge in [-0.15, -0.1) is 0 Å². The molecule has 0 aromatic heterocycles. The third-order valence-electron chi connectivity index (χ3n) is 8.78. The second-order valence-corrected chi connectivity index (χ2v) is 13.8. The van der Waals surface area contributed by atoms with Crippen molar-refractivity contribution in [1.29, 1.82) is 0 Å². The molecule has 0 spiro atoms. The molecule has 5 rings (SSSR count). The summed E-state index contributed by atoms with van der Waals surface area (Å²) in [6, 6.07) is 14.4. The van der Waals surface area contributed by atoms with E-state index in [1.165, 1.54) is 17.5 Å². The largest absolute Gasteiger partial charge is 0.497 e. The summed E-state index contributed by atoms with van der Waals surface area (Å²) in [4.78, 5) is 13.5. The predicted molar refractivity (Wildman–Crippen MR) is 167 cm³/mol. The van der Waals surface area contributed by atoms with Gasteiger partial charge in [0.2, 0.25) is 10.0 Å². The van der Waals surface area contributed by atoms with E-state index in [0.29, 0.717) is 50.4 Å². The number of sulfonamides is 1. The fraction of sp³-hybridized carbons (Fsp3) is 0.559. The monoisotopic (exact) mass is 643 g/mol. The van der Waals surface area contributed by atoms with Crippen molar-refractivity contribution < 1.29 is 42.0 Å². The summed E-state index contributed by atoms with van der Waals surface area (Å²) in [6.07, 6.45) is 6.09. The molecule has 0 aliphatic carbocycles. The van der Waals surface area contributed by atoms with Crippen LogP contribution in [0.1, 0.15) is 49.7 Å². The molecule has 3 heterocycles. The Hall–Kier alpha value is -2.80. The van der Waals surface area contributed by atoms with Crippen molar-refractivity contribution in [3.8, 4) is 5.75 Å². The number of nitrogens with zero attached hydrogens (tertiary/aromatic N) is 1. The summed E-state index contributed by atoms with van der Waals surface area (Å²) in [7, 11) is -2.51. The van der Waals surface area contributed by atoms with E-state index in [0.717, 1.165) is 24.8 Å². The molecule has 0 unspecified atom stereocenters. The summed E-state index contributed by atoms with van der Waals surface area (Å²) < 4.78 is 58.2. The number of aliphatic hydroxyl groups is 1. The molecule has 5 atom stereocenters. The number of esters is 1. The highest BCUT2D eigenvalue weighted by Gasteiger charge is 2.41. The second kappa shape index (κ2) is 16.2. The number of rotatable bonds is 9. The number of allylic oxidation sites excluding steroid dienone is 1. The van der Waals surface area contributed by atoms with Crippen LogP contribution in [0.15, 0.2) is 65.6 Å². The lowest BCUT2D eigenvalue weighted by molar-refractivity contribution is -0.195. The smallest absolute Gasteiger partial charge is 0.306 e. The van der Waals surface area contributed by atoms with Gasteiger partial charge in [-0.05, 0) is 55.9 Å². The minimum absolute atomic E-state index is 0.00519. The topological polar surface area (TPSA) is 121 Å². The fourth-order valence-corrected chi connectivity index (χ4v) is 7.98. The molecule has 3 aliphatic heterocycles. The van der Waals surface area contributed by atoms with Gasteiger partial charge in [-0.25, -0.2) is 8.42 Å². The zero-order valence-electron chi connectivity index (χ0n) is 25.9. The molecule has 11 heteroatoms. The average Bonchev–Trinajstić information content (AvgIpc) is 3.53. The fourth-order valence-electron chi connectivity index (χ4n) is 6.29. The van der Waals surface area contributed by atoms with Crippen LogP contribution in [0.3, 0.4) is 0 Å². The molecule has 10 nitrogen and oxygen atoms in total. The highest BCUT2D eigenvalue weighted by atomic mass is 32.2. The maximum Gasteiger partial charge on any atom is 0.306 e. The van der Waals surface area contributed by atoms with Crippen molar-refractivity contribution in [2.75, 3.05) is 40.0 Å². The van der Waals surface area contributed by atoms with E-state index >= 15 is 0 Å². The summed E-state index contributed by atoms with van der Waals surface area (Å²) >= 11 is 0. The van der Waals surface area contributed by atoms with Crippen molar-refractivity contribution in [1.82, 2.24) is 4.31 Å². The third kappa shape index (κ3) is 8.93. The van der Waals surface area contributed by atoms with Crippen LogP contribution < -0.4 is 4.74 Å². The Bertz CT molecular complexity index is 1380. The summed E-state index contributed by atoms with van der Waals surface area (Å²) in [5.74, 6) is -0.465. The number of carbonyl (C=O) groups excluding carboxylic acids is 1. The van der Waals surface area contributed by atoms with Gasteiger partial charge in [0.15, 0.2) is 6.29 Å². The number of aliphatic hydroxyl groups excluding tert-OH is 1. The Morgan fingerprint density at radius 1 is 1.07 bits per heavy atom. The minimum Gasteiger partial charge on any atom is -0.497 e. The van der Waals surface area contributed by atoms with E-state index in [9.17, 15) is 18.3 Å². The van der Waals surface area contributed by atoms with Crippen LogP contribution in [0.5, 0.6) is 5.75 Å². The Morgan fingerprint density at radius 2 is 1.87 bits per heavy atom. The van der Waals surface area contributed by atoms with Crippen molar-refractivity contribution in [2.24, 2.45) is 11.8 Å². The van der Waals surface area contributed by atoms with Gasteiger partial charge in [0.25, 0.3) is 0 Å². The summed E-state index contributed by atoms with van der Waals surface area (Å²) in [6.45, 7) is 1.56. The Morgan fingerprint density at radius 3 is 2.67 bits per heavy atom. The highest BCUT2D eigenvalue weighted by Crippen LogP contribution is 2.33. The zero-order valence-corrected chi connectivity index (χ0v) is 26.7. The maximum atomic E-state index is 14.2. The van der Waals surface area contributed by atoms with E-state index in [4.69, 9.17) is 23.7 Å². The molecular weight excluding hydrogens is 598 g/mol. The van der Waals surface area contributed by atoms with Gasteiger partial charge in [-0.3, -0.25) is 4.79 Å². The van der Waals surface area contributed by atoms with Crippen molar-refractivity contribution >= 4 is 16.0 Å². The predicted octanol–water partition coefficient (Wildman–Crippen LogP) is 4.25. The molecule has 2 aromatic rings. The van der Waals surface area contributed by atoms with Crippen LogP contribution in [0, 0.1) is 11.8 Å². The molecule has 0 bridgehead atoms. The van der Waals surface area contributed by atoms with Crippen LogP contribution >= 0.6 is 0 Å². The van der Waals surface area contributed by atoms with Crippen LogP contribution in [-0.2, 0) is 46.8 Å². The van der Waals surface area contributed by atoms with E-state index < -0.39 is 28.0 Å². The van der Waals surface area contributed by atoms with E-state index in [2.05, 4.69) is 0 Å². The zero-order chi connectivity index (χ0) is 31.6. The van der Waals surface area contributed by atoms with Crippen molar-refractivity contribution in [3.05, 3.63) is 71.8 Å². The van der Waals surface area contributed by atoms with Gasteiger partial charge < -0.3 is 28.8 Å².